The van der Waals surface area contributed by atoms with Crippen molar-refractivity contribution in [2.45, 2.75) is 78.3 Å². The van der Waals surface area contributed by atoms with Crippen molar-refractivity contribution in [1.82, 2.24) is 10.2 Å². The van der Waals surface area contributed by atoms with Crippen molar-refractivity contribution in [2.75, 3.05) is 33.4 Å². The molecule has 1 aliphatic carbocycles. The third kappa shape index (κ3) is 6.25. The fraction of sp³-hybridized carbons (Fsp3) is 1.00. The highest BCUT2D eigenvalue weighted by molar-refractivity contribution is 4.91. The van der Waals surface area contributed by atoms with Crippen LogP contribution in [0.1, 0.15) is 66.2 Å². The predicted octanol–water partition coefficient (Wildman–Crippen LogP) is 3.68. The van der Waals surface area contributed by atoms with Crippen LogP contribution in [0.15, 0.2) is 0 Å². The van der Waals surface area contributed by atoms with Gasteiger partial charge in [-0.15, -0.1) is 0 Å². The Hall–Kier alpha value is -0.120. The van der Waals surface area contributed by atoms with Crippen LogP contribution in [0.25, 0.3) is 0 Å². The van der Waals surface area contributed by atoms with Gasteiger partial charge in [-0.05, 0) is 31.1 Å². The minimum absolute atomic E-state index is 0.487. The number of ether oxygens (including phenoxy) is 1. The van der Waals surface area contributed by atoms with Gasteiger partial charge in [0.15, 0.2) is 0 Å². The first-order valence-corrected chi connectivity index (χ1v) is 9.03. The summed E-state index contributed by atoms with van der Waals surface area (Å²) < 4.78 is 5.35. The summed E-state index contributed by atoms with van der Waals surface area (Å²) in [5.41, 5.74) is 0.487. The van der Waals surface area contributed by atoms with Gasteiger partial charge in [0.05, 0.1) is 6.61 Å². The Morgan fingerprint density at radius 1 is 1.14 bits per heavy atom. The van der Waals surface area contributed by atoms with Gasteiger partial charge in [0.25, 0.3) is 0 Å². The molecule has 0 aromatic rings. The minimum atomic E-state index is 0.487. The van der Waals surface area contributed by atoms with Gasteiger partial charge in [-0.1, -0.05) is 40.5 Å². The van der Waals surface area contributed by atoms with Crippen molar-refractivity contribution in [3.63, 3.8) is 0 Å². The van der Waals surface area contributed by atoms with Crippen LogP contribution in [0.3, 0.4) is 0 Å². The van der Waals surface area contributed by atoms with Gasteiger partial charge in [-0.25, -0.2) is 0 Å². The van der Waals surface area contributed by atoms with Gasteiger partial charge < -0.3 is 10.1 Å². The lowest BCUT2D eigenvalue weighted by Crippen LogP contribution is -2.48. The van der Waals surface area contributed by atoms with Crippen LogP contribution >= 0.6 is 0 Å². The predicted molar refractivity (Wildman–Crippen MR) is 91.9 cm³/mol. The second-order valence-electron chi connectivity index (χ2n) is 7.18. The molecule has 3 heteroatoms. The topological polar surface area (TPSA) is 24.5 Å². The van der Waals surface area contributed by atoms with E-state index in [-0.39, 0.29) is 0 Å². The summed E-state index contributed by atoms with van der Waals surface area (Å²) in [6.07, 6.45) is 8.07. The number of nitrogens with one attached hydrogen (secondary N) is 1. The van der Waals surface area contributed by atoms with E-state index in [9.17, 15) is 0 Å². The maximum absolute atomic E-state index is 5.35. The van der Waals surface area contributed by atoms with Crippen LogP contribution < -0.4 is 5.32 Å². The maximum atomic E-state index is 5.35. The molecule has 0 aromatic carbocycles. The first-order chi connectivity index (χ1) is 10.1. The molecular formula is C18H38N2O. The normalized spacial score (nSPS) is 18.3. The summed E-state index contributed by atoms with van der Waals surface area (Å²) in [5.74, 6) is 0. The number of hydrogen-bond donors (Lipinski definition) is 1. The maximum Gasteiger partial charge on any atom is 0.0589 e. The summed E-state index contributed by atoms with van der Waals surface area (Å²) in [6, 6.07) is 1.29. The van der Waals surface area contributed by atoms with Crippen molar-refractivity contribution < 1.29 is 4.74 Å². The van der Waals surface area contributed by atoms with E-state index in [2.05, 4.69) is 37.9 Å². The molecule has 0 bridgehead atoms. The standard InChI is InChI=1S/C18H38N2O/c1-6-17(7-2)20(12-13-21-5)15-18(10-8-9-11-18)14-19-16(3)4/h16-17,19H,6-15H2,1-5H3. The molecule has 1 saturated carbocycles. The average Bonchev–Trinajstić information content (AvgIpc) is 2.92. The Bertz CT molecular complexity index is 258. The molecule has 3 nitrogen and oxygen atoms in total. The molecule has 0 amide bonds. The fourth-order valence-corrected chi connectivity index (χ4v) is 3.77. The number of hydrogen-bond acceptors (Lipinski definition) is 3. The number of methoxy groups -OCH3 is 1. The highest BCUT2D eigenvalue weighted by Gasteiger charge is 2.36. The quantitative estimate of drug-likeness (QED) is 0.630. The second-order valence-corrected chi connectivity index (χ2v) is 7.18. The molecule has 21 heavy (non-hydrogen) atoms. The highest BCUT2D eigenvalue weighted by atomic mass is 16.5. The lowest BCUT2D eigenvalue weighted by Gasteiger charge is -2.40. The van der Waals surface area contributed by atoms with E-state index in [0.29, 0.717) is 17.5 Å². The van der Waals surface area contributed by atoms with E-state index >= 15 is 0 Å². The van der Waals surface area contributed by atoms with Gasteiger partial charge in [0.2, 0.25) is 0 Å². The first kappa shape index (κ1) is 18.9. The average molecular weight is 299 g/mol. The van der Waals surface area contributed by atoms with Crippen molar-refractivity contribution in [3.8, 4) is 0 Å². The summed E-state index contributed by atoms with van der Waals surface area (Å²) in [7, 11) is 1.82. The van der Waals surface area contributed by atoms with Gasteiger partial charge in [0, 0.05) is 38.8 Å². The summed E-state index contributed by atoms with van der Waals surface area (Å²) in [6.45, 7) is 13.5. The summed E-state index contributed by atoms with van der Waals surface area (Å²) in [4.78, 5) is 2.71. The van der Waals surface area contributed by atoms with Crippen molar-refractivity contribution in [2.24, 2.45) is 5.41 Å². The van der Waals surface area contributed by atoms with E-state index in [1.165, 1.54) is 51.6 Å². The van der Waals surface area contributed by atoms with Crippen molar-refractivity contribution >= 4 is 0 Å². The first-order valence-electron chi connectivity index (χ1n) is 9.03. The third-order valence-corrected chi connectivity index (χ3v) is 5.13. The number of rotatable bonds is 11. The van der Waals surface area contributed by atoms with Gasteiger partial charge in [0.1, 0.15) is 0 Å². The summed E-state index contributed by atoms with van der Waals surface area (Å²) in [5, 5.41) is 3.71. The zero-order valence-electron chi connectivity index (χ0n) is 15.1. The van der Waals surface area contributed by atoms with Crippen molar-refractivity contribution in [1.29, 1.82) is 0 Å². The lowest BCUT2D eigenvalue weighted by atomic mass is 9.84. The van der Waals surface area contributed by atoms with E-state index < -0.39 is 0 Å². The van der Waals surface area contributed by atoms with E-state index in [1.807, 2.05) is 7.11 Å². The van der Waals surface area contributed by atoms with E-state index in [0.717, 1.165) is 13.2 Å². The molecule has 0 atom stereocenters. The van der Waals surface area contributed by atoms with Crippen LogP contribution in [-0.2, 0) is 4.74 Å². The molecule has 1 N–H and O–H groups in total. The molecule has 0 saturated heterocycles. The van der Waals surface area contributed by atoms with Gasteiger partial charge >= 0.3 is 0 Å². The Morgan fingerprint density at radius 2 is 1.76 bits per heavy atom. The molecule has 0 unspecified atom stereocenters. The molecule has 1 rings (SSSR count). The highest BCUT2D eigenvalue weighted by Crippen LogP contribution is 2.39. The minimum Gasteiger partial charge on any atom is -0.383 e. The van der Waals surface area contributed by atoms with Crippen molar-refractivity contribution in [3.05, 3.63) is 0 Å². The van der Waals surface area contributed by atoms with E-state index in [4.69, 9.17) is 4.74 Å². The Morgan fingerprint density at radius 3 is 2.24 bits per heavy atom. The van der Waals surface area contributed by atoms with Crippen LogP contribution in [0.2, 0.25) is 0 Å². The molecule has 0 heterocycles. The smallest absolute Gasteiger partial charge is 0.0589 e. The third-order valence-electron chi connectivity index (χ3n) is 5.13. The molecule has 126 valence electrons. The van der Waals surface area contributed by atoms with Crippen LogP contribution in [0.4, 0.5) is 0 Å². The Kier molecular flexibility index (Phi) is 8.84. The molecule has 1 fully saturated rings. The zero-order valence-corrected chi connectivity index (χ0v) is 15.1. The van der Waals surface area contributed by atoms with E-state index in [1.54, 1.807) is 0 Å². The van der Waals surface area contributed by atoms with Gasteiger partial charge in [-0.2, -0.15) is 0 Å². The molecular weight excluding hydrogens is 260 g/mol. The summed E-state index contributed by atoms with van der Waals surface area (Å²) >= 11 is 0. The molecule has 1 aliphatic rings. The Labute approximate surface area is 132 Å². The lowest BCUT2D eigenvalue weighted by molar-refractivity contribution is 0.0701. The largest absolute Gasteiger partial charge is 0.383 e. The van der Waals surface area contributed by atoms with Crippen LogP contribution in [0.5, 0.6) is 0 Å². The van der Waals surface area contributed by atoms with Crippen LogP contribution in [0, 0.1) is 5.41 Å². The fourth-order valence-electron chi connectivity index (χ4n) is 3.77. The zero-order chi connectivity index (χ0) is 15.7. The molecule has 0 aliphatic heterocycles. The second kappa shape index (κ2) is 9.81. The molecule has 0 radical (unpaired) electrons. The molecule has 0 aromatic heterocycles. The van der Waals surface area contributed by atoms with Gasteiger partial charge in [-0.3, -0.25) is 4.90 Å². The monoisotopic (exact) mass is 298 g/mol. The SMILES string of the molecule is CCC(CC)N(CCOC)CC1(CNC(C)C)CCCC1. The van der Waals surface area contributed by atoms with Crippen LogP contribution in [-0.4, -0.2) is 50.3 Å². The Balaban J connectivity index is 2.70. The number of nitrogens with zero attached hydrogens (tertiary/aromatic N) is 1. The molecule has 0 spiro atoms.